The highest BCUT2D eigenvalue weighted by Crippen LogP contribution is 2.28. The van der Waals surface area contributed by atoms with E-state index in [1.807, 2.05) is 79.1 Å². The minimum Gasteiger partial charge on any atom is -0.368 e. The monoisotopic (exact) mass is 507 g/mol. The van der Waals surface area contributed by atoms with Gasteiger partial charge in [0, 0.05) is 55.2 Å². The molecule has 37 heavy (non-hydrogen) atoms. The maximum atomic E-state index is 4.81. The fourth-order valence-corrected chi connectivity index (χ4v) is 4.93. The molecule has 5 aromatic rings. The molecule has 2 N–H and O–H groups in total. The van der Waals surface area contributed by atoms with E-state index in [1.54, 1.807) is 0 Å². The van der Waals surface area contributed by atoms with Gasteiger partial charge in [0.05, 0.1) is 5.69 Å². The number of hydrogen-bond donors (Lipinski definition) is 2. The van der Waals surface area contributed by atoms with Crippen molar-refractivity contribution >= 4 is 35.2 Å². The summed E-state index contributed by atoms with van der Waals surface area (Å²) in [6, 6.07) is 26.2. The van der Waals surface area contributed by atoms with Gasteiger partial charge in [-0.2, -0.15) is 20.1 Å². The molecule has 1 fully saturated rings. The molecule has 4 heterocycles. The first-order valence-electron chi connectivity index (χ1n) is 12.1. The number of nitrogens with one attached hydrogen (secondary N) is 2. The van der Waals surface area contributed by atoms with Crippen LogP contribution in [-0.2, 0) is 0 Å². The zero-order valence-corrected chi connectivity index (χ0v) is 20.8. The smallest absolute Gasteiger partial charge is 0.234 e. The van der Waals surface area contributed by atoms with Gasteiger partial charge in [0.2, 0.25) is 11.9 Å². The van der Waals surface area contributed by atoms with Crippen LogP contribution in [0.5, 0.6) is 0 Å². The van der Waals surface area contributed by atoms with Gasteiger partial charge in [0.15, 0.2) is 11.0 Å². The van der Waals surface area contributed by atoms with Gasteiger partial charge in [-0.1, -0.05) is 48.5 Å². The summed E-state index contributed by atoms with van der Waals surface area (Å²) in [7, 11) is 0. The van der Waals surface area contributed by atoms with E-state index in [2.05, 4.69) is 42.4 Å². The van der Waals surface area contributed by atoms with Crippen molar-refractivity contribution < 1.29 is 0 Å². The molecule has 1 aliphatic heterocycles. The molecular weight excluding hydrogens is 482 g/mol. The molecule has 0 spiro atoms. The van der Waals surface area contributed by atoms with Gasteiger partial charge in [0.1, 0.15) is 0 Å². The molecule has 10 heteroatoms. The van der Waals surface area contributed by atoms with Crippen LogP contribution in [0.4, 0.5) is 23.4 Å². The lowest BCUT2D eigenvalue weighted by atomic mass is 10.2. The summed E-state index contributed by atoms with van der Waals surface area (Å²) in [4.78, 5) is 24.0. The first-order chi connectivity index (χ1) is 18.3. The van der Waals surface area contributed by atoms with Gasteiger partial charge in [-0.15, -0.1) is 0 Å². The highest BCUT2D eigenvalue weighted by molar-refractivity contribution is 7.99. The topological polar surface area (TPSA) is 98.8 Å². The van der Waals surface area contributed by atoms with E-state index in [0.717, 1.165) is 42.3 Å². The summed E-state index contributed by atoms with van der Waals surface area (Å²) in [5.41, 5.74) is 3.16. The Kier molecular flexibility index (Phi) is 6.63. The molecule has 184 valence electrons. The summed E-state index contributed by atoms with van der Waals surface area (Å²) >= 11 is 1.52. The average Bonchev–Trinajstić information content (AvgIpc) is 3.43. The number of pyridine rings is 1. The molecule has 9 nitrogen and oxygen atoms in total. The van der Waals surface area contributed by atoms with Crippen LogP contribution in [0, 0.1) is 0 Å². The van der Waals surface area contributed by atoms with E-state index >= 15 is 0 Å². The Balaban J connectivity index is 1.24. The fraction of sp³-hybridized carbons (Fsp3) is 0.148. The first kappa shape index (κ1) is 23.0. The van der Waals surface area contributed by atoms with E-state index in [9.17, 15) is 0 Å². The zero-order chi connectivity index (χ0) is 24.9. The molecule has 0 atom stereocenters. The number of hydrogen-bond acceptors (Lipinski definition) is 9. The Hall–Kier alpha value is -4.44. The molecule has 1 aliphatic rings. The minimum atomic E-state index is 0.464. The highest BCUT2D eigenvalue weighted by atomic mass is 32.2. The van der Waals surface area contributed by atoms with Gasteiger partial charge >= 0.3 is 0 Å². The Morgan fingerprint density at radius 1 is 0.757 bits per heavy atom. The number of aromatic amines is 1. The van der Waals surface area contributed by atoms with Crippen molar-refractivity contribution in [2.75, 3.05) is 41.3 Å². The standard InChI is InChI=1S/C27H25N9S/c1-3-7-20(8-4-1)23-19-24(34-33-23)29-25-30-26(32-27(31-25)37-22-9-5-2-6-10-22)36-17-15-35(16-18-36)21-11-13-28-14-12-21/h1-14,19H,15-18H2,(H2,29,30,31,32,33,34). The fourth-order valence-electron chi connectivity index (χ4n) is 4.17. The summed E-state index contributed by atoms with van der Waals surface area (Å²) in [6.45, 7) is 3.36. The first-order valence-corrected chi connectivity index (χ1v) is 12.9. The van der Waals surface area contributed by atoms with Crippen LogP contribution in [0.1, 0.15) is 0 Å². The molecule has 2 aromatic carbocycles. The van der Waals surface area contributed by atoms with E-state index in [-0.39, 0.29) is 0 Å². The second-order valence-electron chi connectivity index (χ2n) is 8.49. The van der Waals surface area contributed by atoms with Crippen molar-refractivity contribution in [2.45, 2.75) is 10.1 Å². The van der Waals surface area contributed by atoms with Crippen LogP contribution < -0.4 is 15.1 Å². The largest absolute Gasteiger partial charge is 0.368 e. The predicted molar refractivity (Wildman–Crippen MR) is 146 cm³/mol. The lowest BCUT2D eigenvalue weighted by molar-refractivity contribution is 0.634. The van der Waals surface area contributed by atoms with Crippen molar-refractivity contribution in [3.63, 3.8) is 0 Å². The van der Waals surface area contributed by atoms with Crippen molar-refractivity contribution in [1.29, 1.82) is 0 Å². The third-order valence-corrected chi connectivity index (χ3v) is 6.92. The van der Waals surface area contributed by atoms with Crippen LogP contribution in [0.25, 0.3) is 11.3 Å². The summed E-state index contributed by atoms with van der Waals surface area (Å²) in [6.07, 6.45) is 3.66. The maximum Gasteiger partial charge on any atom is 0.234 e. The molecular formula is C27H25N9S. The third-order valence-electron chi connectivity index (χ3n) is 6.05. The number of nitrogens with zero attached hydrogens (tertiary/aromatic N) is 7. The lowest BCUT2D eigenvalue weighted by Crippen LogP contribution is -2.47. The highest BCUT2D eigenvalue weighted by Gasteiger charge is 2.21. The SMILES string of the molecule is c1ccc(Sc2nc(Nc3cc(-c4ccccc4)[nH]n3)nc(N3CCN(c4ccncc4)CC3)n2)cc1. The number of rotatable bonds is 7. The van der Waals surface area contributed by atoms with E-state index in [1.165, 1.54) is 17.4 Å². The number of anilines is 4. The quantitative estimate of drug-likeness (QED) is 0.319. The molecule has 3 aromatic heterocycles. The van der Waals surface area contributed by atoms with E-state index in [0.29, 0.717) is 22.9 Å². The zero-order valence-electron chi connectivity index (χ0n) is 20.0. The number of H-pyrrole nitrogens is 1. The normalized spacial score (nSPS) is 13.5. The van der Waals surface area contributed by atoms with Gasteiger partial charge in [-0.25, -0.2) is 0 Å². The molecule has 0 aliphatic carbocycles. The second-order valence-corrected chi connectivity index (χ2v) is 9.53. The van der Waals surface area contributed by atoms with Crippen molar-refractivity contribution in [3.05, 3.63) is 91.3 Å². The summed E-state index contributed by atoms with van der Waals surface area (Å²) < 4.78 is 0. The molecule has 0 saturated carbocycles. The molecule has 0 unspecified atom stereocenters. The molecule has 0 amide bonds. The lowest BCUT2D eigenvalue weighted by Gasteiger charge is -2.36. The van der Waals surface area contributed by atoms with Crippen molar-refractivity contribution in [3.8, 4) is 11.3 Å². The molecule has 0 radical (unpaired) electrons. The average molecular weight is 508 g/mol. The Bertz CT molecular complexity index is 1440. The van der Waals surface area contributed by atoms with Crippen LogP contribution in [-0.4, -0.2) is 56.3 Å². The number of aromatic nitrogens is 6. The van der Waals surface area contributed by atoms with Gasteiger partial charge < -0.3 is 15.1 Å². The Morgan fingerprint density at radius 2 is 1.46 bits per heavy atom. The molecule has 6 rings (SSSR count). The Labute approximate surface area is 219 Å². The van der Waals surface area contributed by atoms with E-state index < -0.39 is 0 Å². The van der Waals surface area contributed by atoms with Crippen molar-refractivity contribution in [1.82, 2.24) is 30.1 Å². The van der Waals surface area contributed by atoms with E-state index in [4.69, 9.17) is 15.0 Å². The molecule has 0 bridgehead atoms. The second kappa shape index (κ2) is 10.7. The third kappa shape index (κ3) is 5.54. The summed E-state index contributed by atoms with van der Waals surface area (Å²) in [5, 5.41) is 11.4. The van der Waals surface area contributed by atoms with Crippen LogP contribution >= 0.6 is 11.8 Å². The van der Waals surface area contributed by atoms with Crippen molar-refractivity contribution in [2.24, 2.45) is 0 Å². The Morgan fingerprint density at radius 3 is 2.22 bits per heavy atom. The summed E-state index contributed by atoms with van der Waals surface area (Å²) in [5.74, 6) is 1.77. The number of benzene rings is 2. The van der Waals surface area contributed by atoms with Gasteiger partial charge in [-0.05, 0) is 41.6 Å². The minimum absolute atomic E-state index is 0.464. The number of piperazine rings is 1. The van der Waals surface area contributed by atoms with Gasteiger partial charge in [-0.3, -0.25) is 10.1 Å². The molecule has 1 saturated heterocycles. The van der Waals surface area contributed by atoms with Crippen LogP contribution in [0.2, 0.25) is 0 Å². The van der Waals surface area contributed by atoms with Crippen LogP contribution in [0.15, 0.2) is 101 Å². The maximum absolute atomic E-state index is 4.81. The van der Waals surface area contributed by atoms with Gasteiger partial charge in [0.25, 0.3) is 0 Å². The predicted octanol–water partition coefficient (Wildman–Crippen LogP) is 4.88. The van der Waals surface area contributed by atoms with Crippen LogP contribution in [0.3, 0.4) is 0 Å².